The van der Waals surface area contributed by atoms with Gasteiger partial charge in [0.1, 0.15) is 0 Å². The number of hydrogen-bond acceptors (Lipinski definition) is 3. The summed E-state index contributed by atoms with van der Waals surface area (Å²) in [5.74, 6) is -0.793. The third-order valence-corrected chi connectivity index (χ3v) is 4.26. The Hall–Kier alpha value is -1.30. The van der Waals surface area contributed by atoms with Gasteiger partial charge in [0.2, 0.25) is 0 Å². The van der Waals surface area contributed by atoms with Gasteiger partial charge in [0.05, 0.1) is 11.0 Å². The molecule has 6 nitrogen and oxygen atoms in total. The summed E-state index contributed by atoms with van der Waals surface area (Å²) in [5.41, 5.74) is -1.22. The molecule has 0 aromatic heterocycles. The van der Waals surface area contributed by atoms with Crippen LogP contribution < -0.4 is 5.32 Å². The highest BCUT2D eigenvalue weighted by Crippen LogP contribution is 2.35. The normalized spacial score (nSPS) is 23.0. The largest absolute Gasteiger partial charge is 0.481 e. The summed E-state index contributed by atoms with van der Waals surface area (Å²) >= 11 is 0. The number of likely N-dealkylation sites (tertiary alicyclic amines) is 1. The monoisotopic (exact) mass is 300 g/mol. The summed E-state index contributed by atoms with van der Waals surface area (Å²) in [5, 5.41) is 12.4. The molecule has 122 valence electrons. The molecule has 0 spiro atoms. The second-order valence-electron chi connectivity index (χ2n) is 6.48. The average molecular weight is 300 g/mol. The molecule has 2 N–H and O–H groups in total. The van der Waals surface area contributed by atoms with Crippen LogP contribution in [0.1, 0.15) is 46.5 Å². The van der Waals surface area contributed by atoms with Gasteiger partial charge in [0.15, 0.2) is 0 Å². The van der Waals surface area contributed by atoms with E-state index in [0.717, 1.165) is 12.8 Å². The summed E-state index contributed by atoms with van der Waals surface area (Å²) in [6.07, 6.45) is 2.78. The summed E-state index contributed by atoms with van der Waals surface area (Å²) in [6, 6.07) is -0.207. The van der Waals surface area contributed by atoms with E-state index in [4.69, 9.17) is 4.74 Å². The number of amides is 2. The topological polar surface area (TPSA) is 78.9 Å². The van der Waals surface area contributed by atoms with Crippen LogP contribution in [0.3, 0.4) is 0 Å². The van der Waals surface area contributed by atoms with E-state index in [-0.39, 0.29) is 12.6 Å². The van der Waals surface area contributed by atoms with Crippen LogP contribution in [0.25, 0.3) is 0 Å². The summed E-state index contributed by atoms with van der Waals surface area (Å²) in [7, 11) is 1.60. The smallest absolute Gasteiger partial charge is 0.317 e. The molecule has 2 amide bonds. The molecule has 0 saturated carbocycles. The van der Waals surface area contributed by atoms with Crippen LogP contribution in [-0.4, -0.2) is 54.4 Å². The molecule has 1 fully saturated rings. The Balaban J connectivity index is 2.66. The molecule has 21 heavy (non-hydrogen) atoms. The van der Waals surface area contributed by atoms with E-state index >= 15 is 0 Å². The van der Waals surface area contributed by atoms with E-state index in [1.165, 1.54) is 0 Å². The minimum absolute atomic E-state index is 0.207. The quantitative estimate of drug-likeness (QED) is 0.787. The number of piperidine rings is 1. The number of carboxylic acid groups (broad SMARTS) is 1. The van der Waals surface area contributed by atoms with Gasteiger partial charge in [-0.05, 0) is 33.1 Å². The van der Waals surface area contributed by atoms with Crippen LogP contribution in [0, 0.1) is 5.41 Å². The number of carbonyl (C=O) groups is 2. The van der Waals surface area contributed by atoms with Crippen molar-refractivity contribution in [2.45, 2.75) is 52.1 Å². The Morgan fingerprint density at radius 1 is 1.43 bits per heavy atom. The first-order chi connectivity index (χ1) is 9.76. The maximum Gasteiger partial charge on any atom is 0.317 e. The van der Waals surface area contributed by atoms with Gasteiger partial charge in [-0.2, -0.15) is 0 Å². The first-order valence-electron chi connectivity index (χ1n) is 7.58. The van der Waals surface area contributed by atoms with Gasteiger partial charge in [-0.15, -0.1) is 0 Å². The Bertz CT molecular complexity index is 380. The van der Waals surface area contributed by atoms with Crippen LogP contribution in [0.4, 0.5) is 4.79 Å². The number of methoxy groups -OCH3 is 1. The zero-order chi connectivity index (χ0) is 16.1. The van der Waals surface area contributed by atoms with Crippen molar-refractivity contribution in [3.63, 3.8) is 0 Å². The van der Waals surface area contributed by atoms with E-state index in [0.29, 0.717) is 25.9 Å². The molecule has 0 aromatic rings. The molecule has 0 aromatic carbocycles. The van der Waals surface area contributed by atoms with Crippen LogP contribution in [0.5, 0.6) is 0 Å². The fraction of sp³-hybridized carbons (Fsp3) is 0.867. The van der Waals surface area contributed by atoms with Crippen molar-refractivity contribution in [3.05, 3.63) is 0 Å². The van der Waals surface area contributed by atoms with Gasteiger partial charge in [-0.3, -0.25) is 4.79 Å². The number of nitrogens with zero attached hydrogens (tertiary/aromatic N) is 1. The molecule has 1 saturated heterocycles. The number of nitrogens with one attached hydrogen (secondary N) is 1. The first-order valence-corrected chi connectivity index (χ1v) is 7.58. The lowest BCUT2D eigenvalue weighted by molar-refractivity contribution is -0.152. The standard InChI is InChI=1S/C15H28N2O4/c1-5-7-15(12(18)19)8-6-9-17(11-15)13(20)16-10-14(2,3)21-4/h5-11H2,1-4H3,(H,16,20)(H,18,19). The highest BCUT2D eigenvalue weighted by molar-refractivity contribution is 5.78. The SMILES string of the molecule is CCCC1(C(=O)O)CCCN(C(=O)NCC(C)(C)OC)C1. The van der Waals surface area contributed by atoms with Crippen molar-refractivity contribution in [1.82, 2.24) is 10.2 Å². The van der Waals surface area contributed by atoms with Gasteiger partial charge in [0.25, 0.3) is 0 Å². The fourth-order valence-electron chi connectivity index (χ4n) is 2.74. The van der Waals surface area contributed by atoms with Crippen molar-refractivity contribution in [3.8, 4) is 0 Å². The maximum atomic E-state index is 12.2. The molecule has 6 heteroatoms. The van der Waals surface area contributed by atoms with E-state index in [1.807, 2.05) is 20.8 Å². The number of aliphatic carboxylic acids is 1. The van der Waals surface area contributed by atoms with Crippen LogP contribution in [0.2, 0.25) is 0 Å². The molecule has 0 aliphatic carbocycles. The van der Waals surface area contributed by atoms with E-state index in [1.54, 1.807) is 12.0 Å². The van der Waals surface area contributed by atoms with Crippen LogP contribution in [-0.2, 0) is 9.53 Å². The van der Waals surface area contributed by atoms with E-state index < -0.39 is 17.0 Å². The number of urea groups is 1. The zero-order valence-corrected chi connectivity index (χ0v) is 13.6. The third-order valence-electron chi connectivity index (χ3n) is 4.26. The number of ether oxygens (including phenoxy) is 1. The van der Waals surface area contributed by atoms with Gasteiger partial charge < -0.3 is 20.1 Å². The molecule has 0 bridgehead atoms. The highest BCUT2D eigenvalue weighted by Gasteiger charge is 2.42. The first kappa shape index (κ1) is 17.8. The Morgan fingerprint density at radius 2 is 2.10 bits per heavy atom. The molecule has 1 heterocycles. The second-order valence-corrected chi connectivity index (χ2v) is 6.48. The van der Waals surface area contributed by atoms with E-state index in [2.05, 4.69) is 5.32 Å². The molecule has 1 unspecified atom stereocenters. The van der Waals surface area contributed by atoms with Crippen LogP contribution >= 0.6 is 0 Å². The molecule has 0 radical (unpaired) electrons. The van der Waals surface area contributed by atoms with Gasteiger partial charge >= 0.3 is 12.0 Å². The van der Waals surface area contributed by atoms with Crippen molar-refractivity contribution >= 4 is 12.0 Å². The maximum absolute atomic E-state index is 12.2. The predicted molar refractivity (Wildman–Crippen MR) is 80.3 cm³/mol. The fourth-order valence-corrected chi connectivity index (χ4v) is 2.74. The Labute approximate surface area is 126 Å². The van der Waals surface area contributed by atoms with Gasteiger partial charge in [0, 0.05) is 26.7 Å². The predicted octanol–water partition coefficient (Wildman–Crippen LogP) is 2.09. The van der Waals surface area contributed by atoms with Crippen molar-refractivity contribution in [2.24, 2.45) is 5.41 Å². The average Bonchev–Trinajstić information content (AvgIpc) is 2.45. The lowest BCUT2D eigenvalue weighted by atomic mass is 9.76. The molecule has 1 aliphatic heterocycles. The third kappa shape index (κ3) is 4.59. The summed E-state index contributed by atoms with van der Waals surface area (Å²) in [4.78, 5) is 25.5. The van der Waals surface area contributed by atoms with Crippen molar-refractivity contribution in [1.29, 1.82) is 0 Å². The Morgan fingerprint density at radius 3 is 2.62 bits per heavy atom. The molecule has 1 aliphatic rings. The van der Waals surface area contributed by atoms with Crippen molar-refractivity contribution < 1.29 is 19.4 Å². The minimum Gasteiger partial charge on any atom is -0.481 e. The summed E-state index contributed by atoms with van der Waals surface area (Å²) < 4.78 is 5.27. The highest BCUT2D eigenvalue weighted by atomic mass is 16.5. The minimum atomic E-state index is -0.793. The molecule has 1 atom stereocenters. The number of hydrogen-bond donors (Lipinski definition) is 2. The van der Waals surface area contributed by atoms with Crippen molar-refractivity contribution in [2.75, 3.05) is 26.7 Å². The van der Waals surface area contributed by atoms with E-state index in [9.17, 15) is 14.7 Å². The van der Waals surface area contributed by atoms with Gasteiger partial charge in [-0.25, -0.2) is 4.79 Å². The van der Waals surface area contributed by atoms with Gasteiger partial charge in [-0.1, -0.05) is 13.3 Å². The molecule has 1 rings (SSSR count). The number of carbonyl (C=O) groups excluding carboxylic acids is 1. The lowest BCUT2D eigenvalue weighted by Gasteiger charge is -2.40. The number of carboxylic acids is 1. The Kier molecular flexibility index (Phi) is 6.01. The summed E-state index contributed by atoms with van der Waals surface area (Å²) in [6.45, 7) is 7.05. The zero-order valence-electron chi connectivity index (χ0n) is 13.6. The van der Waals surface area contributed by atoms with Crippen LogP contribution in [0.15, 0.2) is 0 Å². The molecular weight excluding hydrogens is 272 g/mol. The molecular formula is C15H28N2O4. The second kappa shape index (κ2) is 7.11. The lowest BCUT2D eigenvalue weighted by Crippen LogP contribution is -2.54. The number of rotatable bonds is 6.